The van der Waals surface area contributed by atoms with Crippen LogP contribution in [0.3, 0.4) is 0 Å². The maximum absolute atomic E-state index is 14.0. The third-order valence-corrected chi connectivity index (χ3v) is 8.69. The number of urea groups is 2. The van der Waals surface area contributed by atoms with Crippen LogP contribution in [-0.4, -0.2) is 48.7 Å². The highest BCUT2D eigenvalue weighted by atomic mass is 32.2. The minimum Gasteiger partial charge on any atom is -0.333 e. The zero-order chi connectivity index (χ0) is 28.1. The van der Waals surface area contributed by atoms with E-state index in [0.29, 0.717) is 17.5 Å². The van der Waals surface area contributed by atoms with Crippen LogP contribution in [-0.2, 0) is 20.8 Å². The number of ketones is 1. The van der Waals surface area contributed by atoms with Crippen molar-refractivity contribution < 1.29 is 36.0 Å². The summed E-state index contributed by atoms with van der Waals surface area (Å²) in [6.07, 6.45) is -4.04. The molecule has 202 valence electrons. The van der Waals surface area contributed by atoms with Gasteiger partial charge in [0, 0.05) is 17.7 Å². The summed E-state index contributed by atoms with van der Waals surface area (Å²) >= 11 is 0. The molecular weight excluding hydrogens is 537 g/mol. The summed E-state index contributed by atoms with van der Waals surface area (Å²) in [6.45, 7) is 0. The molecule has 13 heteroatoms. The number of carbonyl (C=O) groups is 3. The van der Waals surface area contributed by atoms with Crippen LogP contribution in [0.25, 0.3) is 0 Å². The largest absolute Gasteiger partial charge is 0.416 e. The molecule has 9 nitrogen and oxygen atoms in total. The van der Waals surface area contributed by atoms with E-state index >= 15 is 0 Å². The van der Waals surface area contributed by atoms with Crippen LogP contribution in [0.15, 0.2) is 59.8 Å². The Balaban J connectivity index is 1.67. The summed E-state index contributed by atoms with van der Waals surface area (Å²) in [4.78, 5) is 42.5. The fraction of sp³-hybridized carbons (Fsp3) is 0.308. The van der Waals surface area contributed by atoms with Crippen molar-refractivity contribution in [2.24, 2.45) is 0 Å². The van der Waals surface area contributed by atoms with Gasteiger partial charge >= 0.3 is 18.2 Å². The molecule has 0 bridgehead atoms. The number of carbonyl (C=O) groups excluding carboxylic acids is 3. The summed E-state index contributed by atoms with van der Waals surface area (Å²) < 4.78 is 63.8. The Labute approximate surface area is 221 Å². The first-order valence-corrected chi connectivity index (χ1v) is 13.8. The number of rotatable bonds is 3. The summed E-state index contributed by atoms with van der Waals surface area (Å²) in [7, 11) is -3.32. The van der Waals surface area contributed by atoms with Gasteiger partial charge in [0.15, 0.2) is 15.6 Å². The van der Waals surface area contributed by atoms with Gasteiger partial charge in [-0.05, 0) is 48.7 Å². The second kappa shape index (κ2) is 9.53. The normalized spacial score (nSPS) is 21.2. The van der Waals surface area contributed by atoms with Gasteiger partial charge in [0.1, 0.15) is 0 Å². The number of Topliss-reactive ketones (excluding diaryl/α,β-unsaturated/α-hetero) is 1. The summed E-state index contributed by atoms with van der Waals surface area (Å²) in [5.41, 5.74) is -0.266. The molecule has 0 spiro atoms. The van der Waals surface area contributed by atoms with E-state index in [1.165, 1.54) is 30.3 Å². The number of benzene rings is 2. The summed E-state index contributed by atoms with van der Waals surface area (Å²) in [5.74, 6) is -1.03. The Morgan fingerprint density at radius 3 is 2.36 bits per heavy atom. The Morgan fingerprint density at radius 1 is 1.05 bits per heavy atom. The van der Waals surface area contributed by atoms with Crippen molar-refractivity contribution in [1.82, 2.24) is 10.2 Å². The van der Waals surface area contributed by atoms with Gasteiger partial charge in [0.2, 0.25) is 0 Å². The molecule has 2 aliphatic heterocycles. The lowest BCUT2D eigenvalue weighted by atomic mass is 9.83. The molecule has 3 aliphatic rings. The second-order valence-corrected chi connectivity index (χ2v) is 11.7. The van der Waals surface area contributed by atoms with Gasteiger partial charge in [-0.1, -0.05) is 18.2 Å². The number of alkyl halides is 3. The molecule has 1 saturated heterocycles. The topological polar surface area (TPSA) is 128 Å². The minimum absolute atomic E-state index is 0.0827. The second-order valence-electron chi connectivity index (χ2n) is 9.53. The third-order valence-electron chi connectivity index (χ3n) is 6.87. The van der Waals surface area contributed by atoms with Crippen LogP contribution in [0.4, 0.5) is 28.4 Å². The van der Waals surface area contributed by atoms with Crippen molar-refractivity contribution >= 4 is 33.4 Å². The number of hydrogen-bond donors (Lipinski definition) is 1. The van der Waals surface area contributed by atoms with Gasteiger partial charge in [-0.25, -0.2) is 22.9 Å². The lowest BCUT2D eigenvalue weighted by molar-refractivity contribution is -0.137. The lowest BCUT2D eigenvalue weighted by Crippen LogP contribution is -2.61. The highest BCUT2D eigenvalue weighted by Crippen LogP contribution is 2.45. The Morgan fingerprint density at radius 2 is 1.74 bits per heavy atom. The smallest absolute Gasteiger partial charge is 0.333 e. The maximum atomic E-state index is 14.0. The van der Waals surface area contributed by atoms with Crippen molar-refractivity contribution in [3.63, 3.8) is 0 Å². The zero-order valence-electron chi connectivity index (χ0n) is 20.2. The average molecular weight is 559 g/mol. The SMILES string of the molecule is N#Cc1ccc(C2C3=C(CCCC3=O)N(c3cccc(C(F)(F)F)c3)C(=O)N2C(=O)NC2CS(=O)(=O)C2)cc1. The van der Waals surface area contributed by atoms with E-state index in [1.807, 2.05) is 6.07 Å². The quantitative estimate of drug-likeness (QED) is 0.605. The Bertz CT molecular complexity index is 1550. The fourth-order valence-electron chi connectivity index (χ4n) is 5.09. The first-order valence-electron chi connectivity index (χ1n) is 12.0. The number of nitrogens with zero attached hydrogens (tertiary/aromatic N) is 3. The molecule has 1 aliphatic carbocycles. The van der Waals surface area contributed by atoms with Crippen LogP contribution in [0.1, 0.15) is 42.0 Å². The number of sulfone groups is 1. The fourth-order valence-corrected chi connectivity index (χ4v) is 6.39. The van der Waals surface area contributed by atoms with E-state index in [9.17, 15) is 41.2 Å². The average Bonchev–Trinajstić information content (AvgIpc) is 2.86. The van der Waals surface area contributed by atoms with E-state index in [0.717, 1.165) is 28.0 Å². The van der Waals surface area contributed by atoms with Crippen molar-refractivity contribution in [2.75, 3.05) is 16.4 Å². The highest BCUT2D eigenvalue weighted by Gasteiger charge is 2.48. The van der Waals surface area contributed by atoms with Crippen LogP contribution < -0.4 is 10.2 Å². The highest BCUT2D eigenvalue weighted by molar-refractivity contribution is 7.92. The number of hydrogen-bond acceptors (Lipinski definition) is 6. The number of nitrogens with one attached hydrogen (secondary N) is 1. The van der Waals surface area contributed by atoms with Crippen LogP contribution in [0.2, 0.25) is 0 Å². The monoisotopic (exact) mass is 558 g/mol. The summed E-state index contributed by atoms with van der Waals surface area (Å²) in [6, 6.07) is 7.94. The molecule has 1 unspecified atom stereocenters. The van der Waals surface area contributed by atoms with Crippen molar-refractivity contribution in [1.29, 1.82) is 5.26 Å². The van der Waals surface area contributed by atoms with Gasteiger partial charge < -0.3 is 5.32 Å². The molecule has 0 radical (unpaired) electrons. The number of imide groups is 1. The number of allylic oxidation sites excluding steroid dienone is 1. The molecule has 5 rings (SSSR count). The summed E-state index contributed by atoms with van der Waals surface area (Å²) in [5, 5.41) is 11.7. The molecule has 39 heavy (non-hydrogen) atoms. The lowest BCUT2D eigenvalue weighted by Gasteiger charge is -2.44. The zero-order valence-corrected chi connectivity index (χ0v) is 21.1. The Hall–Kier alpha value is -4.18. The molecular formula is C26H21F3N4O5S. The molecule has 0 saturated carbocycles. The third kappa shape index (κ3) is 4.87. The number of amides is 4. The van der Waals surface area contributed by atoms with Gasteiger partial charge in [-0.3, -0.25) is 9.69 Å². The number of nitriles is 1. The van der Waals surface area contributed by atoms with Crippen LogP contribution >= 0.6 is 0 Å². The van der Waals surface area contributed by atoms with Crippen molar-refractivity contribution in [2.45, 2.75) is 37.5 Å². The molecule has 2 heterocycles. The van der Waals surface area contributed by atoms with E-state index < -0.39 is 45.7 Å². The maximum Gasteiger partial charge on any atom is 0.416 e. The minimum atomic E-state index is -4.70. The van der Waals surface area contributed by atoms with E-state index in [1.54, 1.807) is 0 Å². The molecule has 1 N–H and O–H groups in total. The molecule has 1 fully saturated rings. The molecule has 4 amide bonds. The van der Waals surface area contributed by atoms with E-state index in [4.69, 9.17) is 0 Å². The number of halogens is 3. The van der Waals surface area contributed by atoms with E-state index in [2.05, 4.69) is 5.32 Å². The molecule has 0 aromatic heterocycles. The van der Waals surface area contributed by atoms with Crippen LogP contribution in [0, 0.1) is 11.3 Å². The van der Waals surface area contributed by atoms with Gasteiger partial charge in [-0.15, -0.1) is 0 Å². The predicted molar refractivity (Wildman–Crippen MR) is 132 cm³/mol. The standard InChI is InChI=1S/C26H21F3N4O5S/c27-26(28,29)17-3-1-4-19(11-17)32-20-5-2-6-21(34)22(20)23(16-9-7-15(12-30)8-10-16)33(25(32)36)24(35)31-18-13-39(37,38)14-18/h1,3-4,7-11,18,23H,2,5-6,13-14H2,(H,31,35). The molecule has 2 aromatic carbocycles. The molecule has 2 aromatic rings. The first kappa shape index (κ1) is 26.4. The Kier molecular flexibility index (Phi) is 6.46. The van der Waals surface area contributed by atoms with Crippen molar-refractivity contribution in [3.05, 3.63) is 76.5 Å². The van der Waals surface area contributed by atoms with Crippen molar-refractivity contribution in [3.8, 4) is 6.07 Å². The number of anilines is 1. The van der Waals surface area contributed by atoms with Gasteiger partial charge in [-0.2, -0.15) is 18.4 Å². The van der Waals surface area contributed by atoms with Gasteiger partial charge in [0.05, 0.1) is 46.5 Å². The van der Waals surface area contributed by atoms with E-state index in [-0.39, 0.29) is 47.1 Å². The van der Waals surface area contributed by atoms with Gasteiger partial charge in [0.25, 0.3) is 0 Å². The molecule has 1 atom stereocenters. The first-order chi connectivity index (χ1) is 18.4. The predicted octanol–water partition coefficient (Wildman–Crippen LogP) is 4.07. The van der Waals surface area contributed by atoms with Crippen LogP contribution in [0.5, 0.6) is 0 Å².